The summed E-state index contributed by atoms with van der Waals surface area (Å²) in [6.07, 6.45) is -1.75. The molecule has 0 radical (unpaired) electrons. The van der Waals surface area contributed by atoms with Crippen LogP contribution in [0.3, 0.4) is 0 Å². The Morgan fingerprint density at radius 1 is 0.839 bits per heavy atom. The van der Waals surface area contributed by atoms with E-state index in [4.69, 9.17) is 4.74 Å². The van der Waals surface area contributed by atoms with E-state index in [2.05, 4.69) is 22.2 Å². The molecule has 0 aliphatic rings. The Balaban J connectivity index is 1.54. The lowest BCUT2D eigenvalue weighted by Crippen LogP contribution is -2.29. The van der Waals surface area contributed by atoms with Crippen molar-refractivity contribution in [2.24, 2.45) is 0 Å². The van der Waals surface area contributed by atoms with Gasteiger partial charge in [-0.3, -0.25) is 4.79 Å². The second-order valence-corrected chi connectivity index (χ2v) is 6.94. The van der Waals surface area contributed by atoms with Crippen molar-refractivity contribution in [1.29, 1.82) is 0 Å². The van der Waals surface area contributed by atoms with Crippen molar-refractivity contribution in [1.82, 2.24) is 5.32 Å². The topological polar surface area (TPSA) is 64.6 Å². The molecule has 0 atom stereocenters. The molecule has 0 saturated heterocycles. The van der Waals surface area contributed by atoms with Crippen LogP contribution in [0, 0.1) is 0 Å². The number of rotatable bonds is 12. The molecule has 8 heteroatoms. The van der Waals surface area contributed by atoms with Crippen LogP contribution >= 0.6 is 0 Å². The minimum atomic E-state index is -5.17. The number of carbonyl (C=O) groups excluding carboxylic acids is 2. The van der Waals surface area contributed by atoms with Gasteiger partial charge >= 0.3 is 18.1 Å². The van der Waals surface area contributed by atoms with Gasteiger partial charge in [-0.2, -0.15) is 13.2 Å². The summed E-state index contributed by atoms with van der Waals surface area (Å²) in [6, 6.07) is 18.0. The first-order valence-corrected chi connectivity index (χ1v) is 10.1. The third-order valence-electron chi connectivity index (χ3n) is 4.43. The average molecular weight is 437 g/mol. The SMILES string of the molecule is O=C(CCNCCc1ccc(OCCCCc2ccccc2)cc1)OC(=O)C(F)(F)F. The van der Waals surface area contributed by atoms with E-state index in [-0.39, 0.29) is 13.0 Å². The molecule has 0 aliphatic heterocycles. The monoisotopic (exact) mass is 437 g/mol. The maximum Gasteiger partial charge on any atom is 0.491 e. The van der Waals surface area contributed by atoms with Gasteiger partial charge in [-0.25, -0.2) is 4.79 Å². The van der Waals surface area contributed by atoms with Gasteiger partial charge in [0.05, 0.1) is 13.0 Å². The summed E-state index contributed by atoms with van der Waals surface area (Å²) in [7, 11) is 0. The molecular weight excluding hydrogens is 411 g/mol. The molecule has 0 aromatic heterocycles. The van der Waals surface area contributed by atoms with E-state index >= 15 is 0 Å². The van der Waals surface area contributed by atoms with Gasteiger partial charge in [0.25, 0.3) is 0 Å². The number of unbranched alkanes of at least 4 members (excludes halogenated alkanes) is 1. The van der Waals surface area contributed by atoms with E-state index in [9.17, 15) is 22.8 Å². The zero-order chi connectivity index (χ0) is 22.5. The van der Waals surface area contributed by atoms with Crippen molar-refractivity contribution in [2.45, 2.75) is 38.3 Å². The molecule has 0 unspecified atom stereocenters. The van der Waals surface area contributed by atoms with Crippen molar-refractivity contribution in [3.05, 3.63) is 65.7 Å². The Kier molecular flexibility index (Phi) is 10.0. The molecule has 31 heavy (non-hydrogen) atoms. The highest BCUT2D eigenvalue weighted by atomic mass is 19.4. The molecule has 0 fully saturated rings. The van der Waals surface area contributed by atoms with Crippen LogP contribution in [0.5, 0.6) is 5.75 Å². The predicted octanol–water partition coefficient (Wildman–Crippen LogP) is 4.24. The molecule has 0 aliphatic carbocycles. The zero-order valence-corrected chi connectivity index (χ0v) is 17.1. The average Bonchev–Trinajstić information content (AvgIpc) is 2.74. The minimum absolute atomic E-state index is 0.119. The van der Waals surface area contributed by atoms with Gasteiger partial charge < -0.3 is 14.8 Å². The number of esters is 2. The fourth-order valence-corrected chi connectivity index (χ4v) is 2.78. The van der Waals surface area contributed by atoms with Crippen LogP contribution < -0.4 is 10.1 Å². The Labute approximate surface area is 179 Å². The first-order chi connectivity index (χ1) is 14.8. The summed E-state index contributed by atoms with van der Waals surface area (Å²) in [5.74, 6) is -2.90. The molecule has 168 valence electrons. The van der Waals surface area contributed by atoms with E-state index in [0.29, 0.717) is 19.6 Å². The van der Waals surface area contributed by atoms with Gasteiger partial charge in [-0.05, 0) is 55.5 Å². The van der Waals surface area contributed by atoms with Gasteiger partial charge in [-0.1, -0.05) is 42.5 Å². The van der Waals surface area contributed by atoms with Gasteiger partial charge in [0.15, 0.2) is 0 Å². The highest BCUT2D eigenvalue weighted by Gasteiger charge is 2.42. The third kappa shape index (κ3) is 10.1. The molecule has 0 amide bonds. The fraction of sp³-hybridized carbons (Fsp3) is 0.391. The molecule has 5 nitrogen and oxygen atoms in total. The number of aryl methyl sites for hydroxylation is 1. The Bertz CT molecular complexity index is 808. The molecule has 0 spiro atoms. The standard InChI is InChI=1S/C23H26F3NO4/c24-23(25,26)22(29)31-21(28)14-16-27-15-13-19-9-11-20(12-10-19)30-17-5-4-8-18-6-2-1-3-7-18/h1-3,6-7,9-12,27H,4-5,8,13-17H2. The number of hydrogen-bond donors (Lipinski definition) is 1. The highest BCUT2D eigenvalue weighted by Crippen LogP contribution is 2.17. The van der Waals surface area contributed by atoms with Crippen molar-refractivity contribution in [3.63, 3.8) is 0 Å². The van der Waals surface area contributed by atoms with Crippen LogP contribution in [0.2, 0.25) is 0 Å². The number of nitrogens with one attached hydrogen (secondary N) is 1. The fourth-order valence-electron chi connectivity index (χ4n) is 2.78. The predicted molar refractivity (Wildman–Crippen MR) is 110 cm³/mol. The van der Waals surface area contributed by atoms with Gasteiger partial charge in [0.1, 0.15) is 5.75 Å². The second-order valence-electron chi connectivity index (χ2n) is 6.94. The smallest absolute Gasteiger partial charge is 0.491 e. The maximum atomic E-state index is 12.0. The van der Waals surface area contributed by atoms with Gasteiger partial charge in [-0.15, -0.1) is 0 Å². The molecular formula is C23H26F3NO4. The third-order valence-corrected chi connectivity index (χ3v) is 4.43. The van der Waals surface area contributed by atoms with E-state index in [1.807, 2.05) is 42.5 Å². The number of benzene rings is 2. The lowest BCUT2D eigenvalue weighted by Gasteiger charge is -2.08. The highest BCUT2D eigenvalue weighted by molar-refractivity contribution is 5.88. The summed E-state index contributed by atoms with van der Waals surface area (Å²) in [4.78, 5) is 21.7. The maximum absolute atomic E-state index is 12.0. The van der Waals surface area contributed by atoms with Gasteiger partial charge in [0.2, 0.25) is 0 Å². The number of alkyl halides is 3. The normalized spacial score (nSPS) is 11.2. The van der Waals surface area contributed by atoms with Crippen LogP contribution in [-0.4, -0.2) is 37.8 Å². The summed E-state index contributed by atoms with van der Waals surface area (Å²) in [6.45, 7) is 1.30. The van der Waals surface area contributed by atoms with Gasteiger partial charge in [0, 0.05) is 6.54 Å². The van der Waals surface area contributed by atoms with E-state index < -0.39 is 18.1 Å². The molecule has 0 heterocycles. The molecule has 2 rings (SSSR count). The van der Waals surface area contributed by atoms with Crippen LogP contribution in [0.4, 0.5) is 13.2 Å². The Hall–Kier alpha value is -2.87. The molecule has 0 saturated carbocycles. The largest absolute Gasteiger partial charge is 0.494 e. The first kappa shape index (κ1) is 24.4. The van der Waals surface area contributed by atoms with Crippen molar-refractivity contribution < 1.29 is 32.2 Å². The summed E-state index contributed by atoms with van der Waals surface area (Å²) in [5, 5.41) is 2.93. The zero-order valence-electron chi connectivity index (χ0n) is 17.1. The number of halogens is 3. The second kappa shape index (κ2) is 12.7. The first-order valence-electron chi connectivity index (χ1n) is 10.1. The number of carbonyl (C=O) groups is 2. The van der Waals surface area contributed by atoms with Crippen LogP contribution in [0.25, 0.3) is 0 Å². The number of ether oxygens (including phenoxy) is 2. The lowest BCUT2D eigenvalue weighted by molar-refractivity contribution is -0.201. The van der Waals surface area contributed by atoms with E-state index in [1.165, 1.54) is 5.56 Å². The summed E-state index contributed by atoms with van der Waals surface area (Å²) >= 11 is 0. The van der Waals surface area contributed by atoms with E-state index in [0.717, 1.165) is 30.6 Å². The number of hydrogen-bond acceptors (Lipinski definition) is 5. The summed E-state index contributed by atoms with van der Waals surface area (Å²) in [5.41, 5.74) is 2.38. The van der Waals surface area contributed by atoms with Crippen LogP contribution in [-0.2, 0) is 27.2 Å². The van der Waals surface area contributed by atoms with E-state index in [1.54, 1.807) is 0 Å². The van der Waals surface area contributed by atoms with Crippen molar-refractivity contribution in [2.75, 3.05) is 19.7 Å². The molecule has 1 N–H and O–H groups in total. The van der Waals surface area contributed by atoms with Crippen molar-refractivity contribution in [3.8, 4) is 5.75 Å². The Morgan fingerprint density at radius 2 is 1.52 bits per heavy atom. The quantitative estimate of drug-likeness (QED) is 0.306. The summed E-state index contributed by atoms with van der Waals surface area (Å²) < 4.78 is 45.4. The molecule has 0 bridgehead atoms. The Morgan fingerprint density at radius 3 is 2.19 bits per heavy atom. The molecule has 2 aromatic rings. The van der Waals surface area contributed by atoms with Crippen LogP contribution in [0.15, 0.2) is 54.6 Å². The molecule has 2 aromatic carbocycles. The van der Waals surface area contributed by atoms with Crippen molar-refractivity contribution >= 4 is 11.9 Å². The van der Waals surface area contributed by atoms with Crippen LogP contribution in [0.1, 0.15) is 30.4 Å². The minimum Gasteiger partial charge on any atom is -0.494 e. The lowest BCUT2D eigenvalue weighted by atomic mass is 10.1.